The lowest BCUT2D eigenvalue weighted by Crippen LogP contribution is -2.51. The van der Waals surface area contributed by atoms with E-state index in [-0.39, 0.29) is 11.8 Å². The number of carbonyl (C=O) groups is 1. The van der Waals surface area contributed by atoms with Crippen molar-refractivity contribution in [2.24, 2.45) is 16.8 Å². The fourth-order valence-corrected chi connectivity index (χ4v) is 6.52. The summed E-state index contributed by atoms with van der Waals surface area (Å²) >= 11 is 0. The molecule has 0 aliphatic carbocycles. The molecule has 1 aliphatic rings. The lowest BCUT2D eigenvalue weighted by atomic mass is 9.64. The summed E-state index contributed by atoms with van der Waals surface area (Å²) < 4.78 is 0.895. The molecule has 1 amide bonds. The van der Waals surface area contributed by atoms with Gasteiger partial charge in [-0.05, 0) is 28.7 Å². The highest BCUT2D eigenvalue weighted by Crippen LogP contribution is 2.45. The molecule has 0 bridgehead atoms. The number of quaternary nitrogens is 1. The van der Waals surface area contributed by atoms with Gasteiger partial charge in [0.15, 0.2) is 0 Å². The Morgan fingerprint density at radius 1 is 0.854 bits per heavy atom. The number of nitrogens with zero attached hydrogens (tertiary/aromatic N) is 2. The van der Waals surface area contributed by atoms with Crippen LogP contribution in [0.2, 0.25) is 0 Å². The van der Waals surface area contributed by atoms with Gasteiger partial charge in [-0.15, -0.1) is 0 Å². The van der Waals surface area contributed by atoms with Crippen LogP contribution in [0.15, 0.2) is 126 Å². The first-order valence-electron chi connectivity index (χ1n) is 14.5. The van der Waals surface area contributed by atoms with Crippen molar-refractivity contribution in [1.29, 1.82) is 0 Å². The third-order valence-corrected chi connectivity index (χ3v) is 8.61. The predicted molar refractivity (Wildman–Crippen MR) is 165 cm³/mol. The van der Waals surface area contributed by atoms with Gasteiger partial charge in [-0.1, -0.05) is 126 Å². The Bertz CT molecular complexity index is 1390. The van der Waals surface area contributed by atoms with Crippen LogP contribution in [0.3, 0.4) is 0 Å². The highest BCUT2D eigenvalue weighted by Gasteiger charge is 2.53. The number of carbonyl (C=O) groups excluding carboxylic acids is 1. The van der Waals surface area contributed by atoms with Crippen LogP contribution in [0, 0.1) is 5.92 Å². The van der Waals surface area contributed by atoms with E-state index < -0.39 is 5.41 Å². The molecular weight excluding hydrogens is 506 g/mol. The molecule has 5 rings (SSSR count). The third-order valence-electron chi connectivity index (χ3n) is 8.61. The van der Waals surface area contributed by atoms with E-state index in [4.69, 9.17) is 10.6 Å². The standard InChI is InChI=1S/C36H39N3O2/c1-39(25-14-23-34(30-17-8-3-9-18-30)38-41-28-29-15-6-2-7-16-29)26-24-33(27-39)36(35(37)40,31-19-10-4-11-20-31)32-21-12-5-13-22-32/h2-13,15-22,33H,14,23-28H2,1H3,(H-,37,40)/p+1/t33?,39-/m0/s1. The van der Waals surface area contributed by atoms with E-state index in [1.54, 1.807) is 0 Å². The Morgan fingerprint density at radius 3 is 1.95 bits per heavy atom. The first-order valence-corrected chi connectivity index (χ1v) is 14.5. The zero-order chi connectivity index (χ0) is 28.5. The summed E-state index contributed by atoms with van der Waals surface area (Å²) in [6, 6.07) is 40.6. The molecule has 1 heterocycles. The van der Waals surface area contributed by atoms with Gasteiger partial charge in [0.05, 0.1) is 32.4 Å². The van der Waals surface area contributed by atoms with Gasteiger partial charge in [0.25, 0.3) is 0 Å². The van der Waals surface area contributed by atoms with Gasteiger partial charge in [0.1, 0.15) is 12.0 Å². The normalized spacial score (nSPS) is 19.1. The Morgan fingerprint density at radius 2 is 1.39 bits per heavy atom. The second kappa shape index (κ2) is 13.0. The van der Waals surface area contributed by atoms with E-state index in [0.29, 0.717) is 6.61 Å². The quantitative estimate of drug-likeness (QED) is 0.128. The van der Waals surface area contributed by atoms with Gasteiger partial charge in [0.2, 0.25) is 5.91 Å². The minimum Gasteiger partial charge on any atom is -0.391 e. The average molecular weight is 547 g/mol. The van der Waals surface area contributed by atoms with Crippen LogP contribution in [0.4, 0.5) is 0 Å². The van der Waals surface area contributed by atoms with E-state index in [1.165, 1.54) is 0 Å². The van der Waals surface area contributed by atoms with Gasteiger partial charge in [0, 0.05) is 18.8 Å². The summed E-state index contributed by atoms with van der Waals surface area (Å²) in [6.07, 6.45) is 2.71. The second-order valence-corrected chi connectivity index (χ2v) is 11.4. The van der Waals surface area contributed by atoms with Crippen LogP contribution in [0.25, 0.3) is 0 Å². The maximum atomic E-state index is 13.5. The molecule has 1 saturated heterocycles. The molecule has 1 aliphatic heterocycles. The number of likely N-dealkylation sites (tertiary alicyclic amines) is 1. The zero-order valence-corrected chi connectivity index (χ0v) is 23.9. The van der Waals surface area contributed by atoms with Crippen molar-refractivity contribution in [2.45, 2.75) is 31.3 Å². The van der Waals surface area contributed by atoms with Crippen molar-refractivity contribution < 1.29 is 14.1 Å². The lowest BCUT2D eigenvalue weighted by Gasteiger charge is -2.38. The fourth-order valence-electron chi connectivity index (χ4n) is 6.52. The smallest absolute Gasteiger partial charge is 0.233 e. The monoisotopic (exact) mass is 546 g/mol. The molecule has 5 heteroatoms. The molecule has 1 fully saturated rings. The molecule has 0 saturated carbocycles. The number of oxime groups is 1. The van der Waals surface area contributed by atoms with Crippen molar-refractivity contribution in [2.75, 3.05) is 26.7 Å². The lowest BCUT2D eigenvalue weighted by molar-refractivity contribution is -0.899. The molecule has 210 valence electrons. The maximum Gasteiger partial charge on any atom is 0.233 e. The number of benzene rings is 4. The highest BCUT2D eigenvalue weighted by molar-refractivity contribution is 6.00. The van der Waals surface area contributed by atoms with Crippen LogP contribution < -0.4 is 5.73 Å². The van der Waals surface area contributed by atoms with Crippen molar-refractivity contribution >= 4 is 11.6 Å². The molecular formula is C36H40N3O2+. The number of amides is 1. The van der Waals surface area contributed by atoms with E-state index in [0.717, 1.165) is 71.3 Å². The van der Waals surface area contributed by atoms with Gasteiger partial charge in [-0.3, -0.25) is 4.79 Å². The molecule has 0 radical (unpaired) electrons. The zero-order valence-electron chi connectivity index (χ0n) is 23.9. The topological polar surface area (TPSA) is 64.7 Å². The van der Waals surface area contributed by atoms with Crippen molar-refractivity contribution in [3.63, 3.8) is 0 Å². The van der Waals surface area contributed by atoms with E-state index in [2.05, 4.69) is 48.6 Å². The van der Waals surface area contributed by atoms with E-state index in [1.807, 2.05) is 84.9 Å². The minimum atomic E-state index is -0.861. The van der Waals surface area contributed by atoms with Crippen LogP contribution >= 0.6 is 0 Å². The number of hydrogen-bond acceptors (Lipinski definition) is 3. The Balaban J connectivity index is 1.31. The number of primary amides is 1. The van der Waals surface area contributed by atoms with Crippen LogP contribution in [0.5, 0.6) is 0 Å². The van der Waals surface area contributed by atoms with Gasteiger partial charge in [-0.2, -0.15) is 0 Å². The van der Waals surface area contributed by atoms with Crippen LogP contribution in [-0.2, 0) is 21.7 Å². The number of rotatable bonds is 12. The molecule has 41 heavy (non-hydrogen) atoms. The third kappa shape index (κ3) is 6.41. The van der Waals surface area contributed by atoms with Crippen LogP contribution in [0.1, 0.15) is 41.5 Å². The molecule has 1 unspecified atom stereocenters. The Kier molecular flexibility index (Phi) is 8.95. The summed E-state index contributed by atoms with van der Waals surface area (Å²) in [4.78, 5) is 19.3. The van der Waals surface area contributed by atoms with Gasteiger partial charge in [-0.25, -0.2) is 0 Å². The van der Waals surface area contributed by atoms with Gasteiger partial charge < -0.3 is 15.1 Å². The molecule has 5 nitrogen and oxygen atoms in total. The summed E-state index contributed by atoms with van der Waals surface area (Å²) in [7, 11) is 2.31. The summed E-state index contributed by atoms with van der Waals surface area (Å²) in [5.41, 5.74) is 10.6. The van der Waals surface area contributed by atoms with Crippen molar-refractivity contribution in [1.82, 2.24) is 0 Å². The largest absolute Gasteiger partial charge is 0.391 e. The molecule has 0 aromatic heterocycles. The molecule has 2 N–H and O–H groups in total. The molecule has 0 spiro atoms. The summed E-state index contributed by atoms with van der Waals surface area (Å²) in [6.45, 7) is 3.32. The summed E-state index contributed by atoms with van der Waals surface area (Å²) in [5, 5.41) is 4.58. The maximum absolute atomic E-state index is 13.5. The van der Waals surface area contributed by atoms with Crippen molar-refractivity contribution in [3.05, 3.63) is 144 Å². The van der Waals surface area contributed by atoms with E-state index >= 15 is 0 Å². The molecule has 2 atom stereocenters. The number of nitrogens with two attached hydrogens (primary N) is 1. The van der Waals surface area contributed by atoms with Gasteiger partial charge >= 0.3 is 0 Å². The summed E-state index contributed by atoms with van der Waals surface area (Å²) in [5.74, 6) is -0.173. The van der Waals surface area contributed by atoms with Crippen molar-refractivity contribution in [3.8, 4) is 0 Å². The Hall–Kier alpha value is -4.22. The first kappa shape index (κ1) is 28.3. The Labute approximate surface area is 243 Å². The minimum absolute atomic E-state index is 0.103. The average Bonchev–Trinajstić information content (AvgIpc) is 3.40. The molecule has 4 aromatic carbocycles. The molecule has 4 aromatic rings. The first-order chi connectivity index (χ1) is 20.0. The van der Waals surface area contributed by atoms with E-state index in [9.17, 15) is 4.79 Å². The van der Waals surface area contributed by atoms with Crippen LogP contribution in [-0.4, -0.2) is 42.8 Å². The highest BCUT2D eigenvalue weighted by atomic mass is 16.6. The predicted octanol–water partition coefficient (Wildman–Crippen LogP) is 6.33. The number of hydrogen-bond donors (Lipinski definition) is 1. The SMILES string of the molecule is C[N@+]1(CCCC(=NOCc2ccccc2)c2ccccc2)CCC(C(C(N)=O)(c2ccccc2)c2ccccc2)C1. The second-order valence-electron chi connectivity index (χ2n) is 11.4. The fraction of sp³-hybridized carbons (Fsp3) is 0.278.